The van der Waals surface area contributed by atoms with Gasteiger partial charge in [0.25, 0.3) is 0 Å². The number of likely N-dealkylation sites (N-methyl/N-ethyl adjacent to an activating group) is 1. The molecule has 0 saturated carbocycles. The smallest absolute Gasteiger partial charge is 0.333 e. The summed E-state index contributed by atoms with van der Waals surface area (Å²) in [5.74, 6) is 0.392. The molecule has 2 heterocycles. The van der Waals surface area contributed by atoms with Crippen LogP contribution in [0, 0.1) is 0 Å². The Labute approximate surface area is 140 Å². The van der Waals surface area contributed by atoms with E-state index in [9.17, 15) is 4.79 Å². The normalized spacial score (nSPS) is 15.7. The number of carbonyl (C=O) groups excluding carboxylic acids is 1. The molecule has 23 heavy (non-hydrogen) atoms. The molecule has 0 spiro atoms. The summed E-state index contributed by atoms with van der Waals surface area (Å²) in [7, 11) is 2.07. The van der Waals surface area contributed by atoms with E-state index in [1.165, 1.54) is 0 Å². The van der Waals surface area contributed by atoms with Gasteiger partial charge in [0.2, 0.25) is 0 Å². The molecule has 0 saturated heterocycles. The van der Waals surface area contributed by atoms with E-state index in [2.05, 4.69) is 11.9 Å². The molecule has 0 fully saturated rings. The van der Waals surface area contributed by atoms with Crippen LogP contribution in [0.1, 0.15) is 30.7 Å². The van der Waals surface area contributed by atoms with Gasteiger partial charge in [0.05, 0.1) is 6.61 Å². The fourth-order valence-corrected chi connectivity index (χ4v) is 3.24. The minimum absolute atomic E-state index is 0.319. The van der Waals surface area contributed by atoms with E-state index >= 15 is 0 Å². The van der Waals surface area contributed by atoms with Gasteiger partial charge >= 0.3 is 5.97 Å². The van der Waals surface area contributed by atoms with Crippen molar-refractivity contribution in [3.05, 3.63) is 39.6 Å². The summed E-state index contributed by atoms with van der Waals surface area (Å²) in [4.78, 5) is 14.1. The maximum absolute atomic E-state index is 11.9. The number of rotatable bonds is 3. The molecular formula is C18H20ClNO3. The van der Waals surface area contributed by atoms with Crippen LogP contribution in [0.3, 0.4) is 0 Å². The summed E-state index contributed by atoms with van der Waals surface area (Å²) in [5, 5.41) is 1.86. The third-order valence-corrected chi connectivity index (χ3v) is 4.51. The molecule has 1 aromatic carbocycles. The zero-order valence-electron chi connectivity index (χ0n) is 13.6. The quantitative estimate of drug-likeness (QED) is 0.628. The highest BCUT2D eigenvalue weighted by molar-refractivity contribution is 6.32. The molecule has 4 nitrogen and oxygen atoms in total. The van der Waals surface area contributed by atoms with Crippen molar-refractivity contribution < 1.29 is 13.9 Å². The summed E-state index contributed by atoms with van der Waals surface area (Å²) in [5.41, 5.74) is 3.56. The highest BCUT2D eigenvalue weighted by Crippen LogP contribution is 2.36. The largest absolute Gasteiger partial charge is 0.463 e. The number of halogens is 1. The van der Waals surface area contributed by atoms with Gasteiger partial charge in [-0.3, -0.25) is 0 Å². The Hall–Kier alpha value is -1.78. The first-order chi connectivity index (χ1) is 11.0. The molecule has 0 N–H and O–H groups in total. The molecule has 122 valence electrons. The Morgan fingerprint density at radius 2 is 2.22 bits per heavy atom. The molecule has 0 atom stereocenters. The number of nitrogens with zero attached hydrogens (tertiary/aromatic N) is 1. The Morgan fingerprint density at radius 3 is 2.96 bits per heavy atom. The van der Waals surface area contributed by atoms with Crippen molar-refractivity contribution in [1.29, 1.82) is 0 Å². The second-order valence-corrected chi connectivity index (χ2v) is 6.29. The third kappa shape index (κ3) is 3.01. The molecule has 3 rings (SSSR count). The van der Waals surface area contributed by atoms with Crippen LogP contribution in [0.4, 0.5) is 0 Å². The van der Waals surface area contributed by atoms with Gasteiger partial charge in [-0.2, -0.15) is 0 Å². The van der Waals surface area contributed by atoms with E-state index in [-0.39, 0.29) is 5.97 Å². The van der Waals surface area contributed by atoms with E-state index in [1.54, 1.807) is 19.9 Å². The fraction of sp³-hybridized carbons (Fsp3) is 0.389. The van der Waals surface area contributed by atoms with Crippen molar-refractivity contribution in [3.8, 4) is 0 Å². The first kappa shape index (κ1) is 16.1. The van der Waals surface area contributed by atoms with Crippen molar-refractivity contribution in [2.24, 2.45) is 0 Å². The zero-order chi connectivity index (χ0) is 16.6. The number of benzene rings is 1. The summed E-state index contributed by atoms with van der Waals surface area (Å²) >= 11 is 6.39. The number of ether oxygens (including phenoxy) is 1. The van der Waals surface area contributed by atoms with Crippen LogP contribution in [0.5, 0.6) is 0 Å². The molecular weight excluding hydrogens is 314 g/mol. The predicted molar refractivity (Wildman–Crippen MR) is 91.5 cm³/mol. The Kier molecular flexibility index (Phi) is 4.46. The lowest BCUT2D eigenvalue weighted by molar-refractivity contribution is -0.138. The Balaban J connectivity index is 2.15. The van der Waals surface area contributed by atoms with Gasteiger partial charge in [0.1, 0.15) is 11.3 Å². The number of hydrogen-bond donors (Lipinski definition) is 0. The fourth-order valence-electron chi connectivity index (χ4n) is 2.99. The zero-order valence-corrected chi connectivity index (χ0v) is 14.4. The van der Waals surface area contributed by atoms with Crippen LogP contribution in [0.25, 0.3) is 17.0 Å². The molecule has 0 bridgehead atoms. The maximum atomic E-state index is 11.9. The molecule has 0 aliphatic carbocycles. The molecule has 0 amide bonds. The molecule has 5 heteroatoms. The minimum atomic E-state index is -0.319. The van der Waals surface area contributed by atoms with Crippen molar-refractivity contribution in [3.63, 3.8) is 0 Å². The monoisotopic (exact) mass is 333 g/mol. The molecule has 0 unspecified atom stereocenters. The lowest BCUT2D eigenvalue weighted by Crippen LogP contribution is -2.18. The second-order valence-electron chi connectivity index (χ2n) is 5.88. The molecule has 0 radical (unpaired) electrons. The van der Waals surface area contributed by atoms with E-state index in [0.717, 1.165) is 46.6 Å². The van der Waals surface area contributed by atoms with Gasteiger partial charge in [-0.05, 0) is 51.1 Å². The van der Waals surface area contributed by atoms with Crippen LogP contribution in [0.15, 0.2) is 22.1 Å². The maximum Gasteiger partial charge on any atom is 0.333 e. The van der Waals surface area contributed by atoms with Gasteiger partial charge in [0, 0.05) is 34.6 Å². The third-order valence-electron chi connectivity index (χ3n) is 4.15. The first-order valence-corrected chi connectivity index (χ1v) is 8.15. The standard InChI is InChI=1S/C18H20ClNO3/c1-4-22-18(21)11(2)9-16-13-10-20(3)8-7-12-14(19)5-6-15(23-16)17(12)13/h5-6,9H,4,7-8,10H2,1-3H3. The van der Waals surface area contributed by atoms with Gasteiger partial charge < -0.3 is 14.1 Å². The van der Waals surface area contributed by atoms with Crippen LogP contribution in [-0.2, 0) is 22.5 Å². The average Bonchev–Trinajstić information content (AvgIpc) is 2.73. The van der Waals surface area contributed by atoms with Crippen LogP contribution in [0.2, 0.25) is 5.02 Å². The van der Waals surface area contributed by atoms with Gasteiger partial charge in [-0.15, -0.1) is 0 Å². The summed E-state index contributed by atoms with van der Waals surface area (Å²) in [6.45, 7) is 5.60. The number of esters is 1. The van der Waals surface area contributed by atoms with Gasteiger partial charge in [0.15, 0.2) is 0 Å². The topological polar surface area (TPSA) is 42.7 Å². The lowest BCUT2D eigenvalue weighted by Gasteiger charge is -2.13. The van der Waals surface area contributed by atoms with Crippen molar-refractivity contribution in [2.45, 2.75) is 26.8 Å². The lowest BCUT2D eigenvalue weighted by atomic mass is 10.0. The van der Waals surface area contributed by atoms with Gasteiger partial charge in [-0.1, -0.05) is 11.6 Å². The van der Waals surface area contributed by atoms with Crippen molar-refractivity contribution >= 4 is 34.6 Å². The summed E-state index contributed by atoms with van der Waals surface area (Å²) in [6.07, 6.45) is 2.66. The molecule has 1 aliphatic rings. The Bertz CT molecular complexity index is 791. The van der Waals surface area contributed by atoms with Crippen LogP contribution < -0.4 is 0 Å². The van der Waals surface area contributed by atoms with E-state index in [0.29, 0.717) is 17.9 Å². The molecule has 2 aromatic rings. The van der Waals surface area contributed by atoms with Crippen LogP contribution >= 0.6 is 11.6 Å². The average molecular weight is 334 g/mol. The number of hydrogen-bond acceptors (Lipinski definition) is 4. The minimum Gasteiger partial charge on any atom is -0.463 e. The van der Waals surface area contributed by atoms with Crippen molar-refractivity contribution in [1.82, 2.24) is 4.90 Å². The van der Waals surface area contributed by atoms with Crippen LogP contribution in [-0.4, -0.2) is 31.1 Å². The molecule has 1 aromatic heterocycles. The van der Waals surface area contributed by atoms with Gasteiger partial charge in [-0.25, -0.2) is 4.79 Å². The van der Waals surface area contributed by atoms with E-state index < -0.39 is 0 Å². The van der Waals surface area contributed by atoms with E-state index in [4.69, 9.17) is 20.8 Å². The number of carbonyl (C=O) groups is 1. The highest BCUT2D eigenvalue weighted by atomic mass is 35.5. The molecule has 1 aliphatic heterocycles. The predicted octanol–water partition coefficient (Wildman–Crippen LogP) is 4.04. The Morgan fingerprint density at radius 1 is 1.43 bits per heavy atom. The van der Waals surface area contributed by atoms with Crippen molar-refractivity contribution in [2.75, 3.05) is 20.2 Å². The summed E-state index contributed by atoms with van der Waals surface area (Å²) in [6, 6.07) is 3.77. The SMILES string of the molecule is CCOC(=O)C(C)=Cc1oc2ccc(Cl)c3c2c1CN(C)CC3. The second kappa shape index (κ2) is 6.38. The number of furan rings is 1. The highest BCUT2D eigenvalue weighted by Gasteiger charge is 2.23. The first-order valence-electron chi connectivity index (χ1n) is 7.78. The van der Waals surface area contributed by atoms with E-state index in [1.807, 2.05) is 12.1 Å². The summed E-state index contributed by atoms with van der Waals surface area (Å²) < 4.78 is 11.0.